The lowest BCUT2D eigenvalue weighted by molar-refractivity contribution is 0.144. The number of nitrogens with one attached hydrogen (secondary N) is 1. The second-order valence-corrected chi connectivity index (χ2v) is 8.95. The third kappa shape index (κ3) is 5.18. The molecule has 2 aromatic carbocycles. The van der Waals surface area contributed by atoms with E-state index < -0.39 is 0 Å². The summed E-state index contributed by atoms with van der Waals surface area (Å²) in [5.41, 5.74) is 3.76. The second-order valence-electron chi connectivity index (χ2n) is 8.51. The van der Waals surface area contributed by atoms with E-state index in [0.717, 1.165) is 29.8 Å². The standard InChI is InChI=1S/C25H32ClN3O/c1-28(2)20-13-16-29(17-14-20)15-5-7-23-22-6-3-4-8-24(22)27-25(23)18-30-21-11-9-19(26)10-12-21/h3-4,6,8-12,20,27H,5,7,13-18H2,1-2H3. The molecule has 5 heteroatoms. The molecule has 0 bridgehead atoms. The van der Waals surface area contributed by atoms with Gasteiger partial charge >= 0.3 is 0 Å². The van der Waals surface area contributed by atoms with E-state index in [1.807, 2.05) is 24.3 Å². The Morgan fingerprint density at radius 2 is 1.80 bits per heavy atom. The summed E-state index contributed by atoms with van der Waals surface area (Å²) in [4.78, 5) is 8.58. The van der Waals surface area contributed by atoms with Gasteiger partial charge in [-0.2, -0.15) is 0 Å². The zero-order valence-corrected chi connectivity index (χ0v) is 18.8. The highest BCUT2D eigenvalue weighted by molar-refractivity contribution is 6.30. The smallest absolute Gasteiger partial charge is 0.128 e. The van der Waals surface area contributed by atoms with Crippen LogP contribution in [0.15, 0.2) is 48.5 Å². The van der Waals surface area contributed by atoms with Crippen molar-refractivity contribution < 1.29 is 4.74 Å². The van der Waals surface area contributed by atoms with Gasteiger partial charge in [0.1, 0.15) is 12.4 Å². The zero-order valence-electron chi connectivity index (χ0n) is 18.0. The van der Waals surface area contributed by atoms with E-state index in [1.54, 1.807) is 0 Å². The minimum absolute atomic E-state index is 0.542. The normalized spacial score (nSPS) is 15.9. The van der Waals surface area contributed by atoms with Crippen LogP contribution in [0.3, 0.4) is 0 Å². The van der Waals surface area contributed by atoms with Gasteiger partial charge in [0.25, 0.3) is 0 Å². The van der Waals surface area contributed by atoms with Gasteiger partial charge < -0.3 is 19.5 Å². The second kappa shape index (κ2) is 9.86. The molecule has 0 saturated carbocycles. The van der Waals surface area contributed by atoms with Crippen molar-refractivity contribution in [3.05, 3.63) is 64.8 Å². The Balaban J connectivity index is 1.38. The lowest BCUT2D eigenvalue weighted by Crippen LogP contribution is -2.42. The molecule has 0 amide bonds. The largest absolute Gasteiger partial charge is 0.487 e. The maximum absolute atomic E-state index is 6.04. The fraction of sp³-hybridized carbons (Fsp3) is 0.440. The fourth-order valence-corrected chi connectivity index (χ4v) is 4.62. The van der Waals surface area contributed by atoms with E-state index >= 15 is 0 Å². The monoisotopic (exact) mass is 425 g/mol. The molecule has 160 valence electrons. The number of halogens is 1. The summed E-state index contributed by atoms with van der Waals surface area (Å²) in [6.45, 7) is 4.13. The molecule has 2 heterocycles. The SMILES string of the molecule is CN(C)C1CCN(CCCc2c(COc3ccc(Cl)cc3)[nH]c3ccccc23)CC1. The number of nitrogens with zero attached hydrogens (tertiary/aromatic N) is 2. The lowest BCUT2D eigenvalue weighted by atomic mass is 10.0. The topological polar surface area (TPSA) is 31.5 Å². The summed E-state index contributed by atoms with van der Waals surface area (Å²) in [6, 6.07) is 16.9. The molecule has 1 fully saturated rings. The minimum Gasteiger partial charge on any atom is -0.487 e. The van der Waals surface area contributed by atoms with Gasteiger partial charge in [-0.05, 0) is 95.3 Å². The predicted molar refractivity (Wildman–Crippen MR) is 126 cm³/mol. The van der Waals surface area contributed by atoms with Crippen LogP contribution in [0.1, 0.15) is 30.5 Å². The molecule has 0 spiro atoms. The minimum atomic E-state index is 0.542. The first-order valence-electron chi connectivity index (χ1n) is 11.0. The lowest BCUT2D eigenvalue weighted by Gasteiger charge is -2.35. The number of piperidine rings is 1. The molecule has 30 heavy (non-hydrogen) atoms. The number of ether oxygens (including phenoxy) is 1. The summed E-state index contributed by atoms with van der Waals surface area (Å²) in [5, 5.41) is 2.04. The average molecular weight is 426 g/mol. The van der Waals surface area contributed by atoms with Crippen molar-refractivity contribution in [2.24, 2.45) is 0 Å². The van der Waals surface area contributed by atoms with E-state index in [-0.39, 0.29) is 0 Å². The molecule has 1 aliphatic rings. The predicted octanol–water partition coefficient (Wildman–Crippen LogP) is 5.36. The van der Waals surface area contributed by atoms with E-state index in [1.165, 1.54) is 54.5 Å². The number of likely N-dealkylation sites (tertiary alicyclic amines) is 1. The maximum Gasteiger partial charge on any atom is 0.128 e. The van der Waals surface area contributed by atoms with Crippen LogP contribution in [0.25, 0.3) is 10.9 Å². The summed E-state index contributed by atoms with van der Waals surface area (Å²) in [6.07, 6.45) is 4.79. The Morgan fingerprint density at radius 1 is 1.07 bits per heavy atom. The highest BCUT2D eigenvalue weighted by atomic mass is 35.5. The van der Waals surface area contributed by atoms with Gasteiger partial charge in [-0.3, -0.25) is 0 Å². The van der Waals surface area contributed by atoms with Crippen LogP contribution < -0.4 is 4.74 Å². The maximum atomic E-state index is 6.04. The average Bonchev–Trinajstić information content (AvgIpc) is 3.11. The van der Waals surface area contributed by atoms with Gasteiger partial charge in [-0.15, -0.1) is 0 Å². The Morgan fingerprint density at radius 3 is 2.53 bits per heavy atom. The van der Waals surface area contributed by atoms with Crippen molar-refractivity contribution in [3.63, 3.8) is 0 Å². The number of rotatable bonds is 8. The van der Waals surface area contributed by atoms with E-state index in [9.17, 15) is 0 Å². The quantitative estimate of drug-likeness (QED) is 0.527. The summed E-state index contributed by atoms with van der Waals surface area (Å²) in [5.74, 6) is 0.841. The Labute approximate surface area is 184 Å². The van der Waals surface area contributed by atoms with Crippen molar-refractivity contribution in [2.45, 2.75) is 38.3 Å². The highest BCUT2D eigenvalue weighted by Crippen LogP contribution is 2.26. The molecule has 1 saturated heterocycles. The first kappa shape index (κ1) is 21.2. The molecule has 0 aliphatic carbocycles. The molecule has 4 rings (SSSR count). The number of hydrogen-bond acceptors (Lipinski definition) is 3. The fourth-order valence-electron chi connectivity index (χ4n) is 4.49. The molecule has 1 aromatic heterocycles. The van der Waals surface area contributed by atoms with Crippen molar-refractivity contribution in [1.82, 2.24) is 14.8 Å². The van der Waals surface area contributed by atoms with Crippen LogP contribution in [0.4, 0.5) is 0 Å². The van der Waals surface area contributed by atoms with Crippen LogP contribution in [0.2, 0.25) is 5.02 Å². The number of benzene rings is 2. The van der Waals surface area contributed by atoms with Crippen LogP contribution in [-0.4, -0.2) is 54.6 Å². The number of aromatic nitrogens is 1. The van der Waals surface area contributed by atoms with Gasteiger partial charge in [-0.25, -0.2) is 0 Å². The van der Waals surface area contributed by atoms with Gasteiger partial charge in [0.05, 0.1) is 5.69 Å². The molecular weight excluding hydrogens is 394 g/mol. The summed E-state index contributed by atoms with van der Waals surface area (Å²) >= 11 is 5.98. The highest BCUT2D eigenvalue weighted by Gasteiger charge is 2.20. The van der Waals surface area contributed by atoms with Crippen LogP contribution >= 0.6 is 11.6 Å². The summed E-state index contributed by atoms with van der Waals surface area (Å²) in [7, 11) is 4.40. The third-order valence-electron chi connectivity index (χ3n) is 6.29. The summed E-state index contributed by atoms with van der Waals surface area (Å²) < 4.78 is 6.04. The van der Waals surface area contributed by atoms with E-state index in [0.29, 0.717) is 6.61 Å². The number of aryl methyl sites for hydroxylation is 1. The molecule has 4 nitrogen and oxygen atoms in total. The van der Waals surface area contributed by atoms with E-state index in [4.69, 9.17) is 16.3 Å². The van der Waals surface area contributed by atoms with Gasteiger partial charge in [0.15, 0.2) is 0 Å². The van der Waals surface area contributed by atoms with Crippen molar-refractivity contribution >= 4 is 22.5 Å². The van der Waals surface area contributed by atoms with Crippen LogP contribution in [0, 0.1) is 0 Å². The molecule has 0 atom stereocenters. The van der Waals surface area contributed by atoms with Crippen molar-refractivity contribution in [2.75, 3.05) is 33.7 Å². The Hall–Kier alpha value is -2.01. The number of fused-ring (bicyclic) bond motifs is 1. The number of aromatic amines is 1. The molecule has 1 aliphatic heterocycles. The van der Waals surface area contributed by atoms with Gasteiger partial charge in [-0.1, -0.05) is 29.8 Å². The first-order valence-corrected chi connectivity index (χ1v) is 11.3. The first-order chi connectivity index (χ1) is 14.6. The number of H-pyrrole nitrogens is 1. The molecular formula is C25H32ClN3O. The van der Waals surface area contributed by atoms with Gasteiger partial charge in [0.2, 0.25) is 0 Å². The van der Waals surface area contributed by atoms with Gasteiger partial charge in [0, 0.05) is 22.0 Å². The zero-order chi connectivity index (χ0) is 20.9. The Bertz CT molecular complexity index is 943. The Kier molecular flexibility index (Phi) is 6.98. The van der Waals surface area contributed by atoms with Crippen LogP contribution in [0.5, 0.6) is 5.75 Å². The molecule has 3 aromatic rings. The molecule has 1 N–H and O–H groups in total. The number of para-hydroxylation sites is 1. The third-order valence-corrected chi connectivity index (χ3v) is 6.54. The van der Waals surface area contributed by atoms with Crippen molar-refractivity contribution in [1.29, 1.82) is 0 Å². The van der Waals surface area contributed by atoms with Crippen LogP contribution in [-0.2, 0) is 13.0 Å². The molecule has 0 unspecified atom stereocenters. The van der Waals surface area contributed by atoms with Crippen molar-refractivity contribution in [3.8, 4) is 5.75 Å². The number of hydrogen-bond donors (Lipinski definition) is 1. The van der Waals surface area contributed by atoms with E-state index in [2.05, 4.69) is 53.1 Å². The molecule has 0 radical (unpaired) electrons.